The molecule has 0 saturated heterocycles. The van der Waals surface area contributed by atoms with Gasteiger partial charge in [0.05, 0.1) is 5.56 Å². The van der Waals surface area contributed by atoms with Crippen LogP contribution in [0.15, 0.2) is 24.3 Å². The average Bonchev–Trinajstić information content (AvgIpc) is 2.25. The van der Waals surface area contributed by atoms with Gasteiger partial charge in [-0.25, -0.2) is 9.18 Å². The second kappa shape index (κ2) is 5.50. The number of halogens is 1. The van der Waals surface area contributed by atoms with Crippen LogP contribution in [0.5, 0.6) is 0 Å². The molecule has 86 valence electrons. The van der Waals surface area contributed by atoms with Crippen molar-refractivity contribution in [1.29, 1.82) is 0 Å². The smallest absolute Gasteiger partial charge is 0.327 e. The number of nitrogens with one attached hydrogen (secondary N) is 1. The molecule has 0 aliphatic carbocycles. The molecule has 0 aliphatic heterocycles. The summed E-state index contributed by atoms with van der Waals surface area (Å²) in [5.41, 5.74) is -0.185. The van der Waals surface area contributed by atoms with Gasteiger partial charge in [-0.05, 0) is 12.1 Å². The van der Waals surface area contributed by atoms with Crippen molar-refractivity contribution >= 4 is 24.5 Å². The summed E-state index contributed by atoms with van der Waals surface area (Å²) in [7, 11) is 0. The zero-order valence-corrected chi connectivity index (χ0v) is 9.08. The van der Waals surface area contributed by atoms with Crippen LogP contribution in [0.2, 0.25) is 0 Å². The highest BCUT2D eigenvalue weighted by molar-refractivity contribution is 7.80. The Hall–Kier alpha value is -1.56. The first-order chi connectivity index (χ1) is 7.56. The number of carboxylic acids is 1. The van der Waals surface area contributed by atoms with Crippen LogP contribution in [0, 0.1) is 5.82 Å². The lowest BCUT2D eigenvalue weighted by molar-refractivity contribution is -0.138. The van der Waals surface area contributed by atoms with E-state index in [1.165, 1.54) is 18.2 Å². The van der Waals surface area contributed by atoms with E-state index in [-0.39, 0.29) is 11.3 Å². The highest BCUT2D eigenvalue weighted by Crippen LogP contribution is 2.06. The first-order valence-corrected chi connectivity index (χ1v) is 5.08. The molecule has 0 spiro atoms. The predicted octanol–water partition coefficient (Wildman–Crippen LogP) is 0.939. The Balaban J connectivity index is 2.80. The largest absolute Gasteiger partial charge is 0.480 e. The van der Waals surface area contributed by atoms with Crippen LogP contribution < -0.4 is 5.32 Å². The topological polar surface area (TPSA) is 66.4 Å². The van der Waals surface area contributed by atoms with Gasteiger partial charge in [-0.15, -0.1) is 0 Å². The van der Waals surface area contributed by atoms with Gasteiger partial charge in [0.15, 0.2) is 0 Å². The zero-order valence-electron chi connectivity index (χ0n) is 8.18. The van der Waals surface area contributed by atoms with Gasteiger partial charge in [0.1, 0.15) is 11.9 Å². The summed E-state index contributed by atoms with van der Waals surface area (Å²) in [4.78, 5) is 22.1. The van der Waals surface area contributed by atoms with Crippen LogP contribution in [0.4, 0.5) is 4.39 Å². The maximum absolute atomic E-state index is 13.2. The molecule has 1 rings (SSSR count). The molecular weight excluding hydrogens is 233 g/mol. The molecule has 0 radical (unpaired) electrons. The van der Waals surface area contributed by atoms with Gasteiger partial charge in [0.25, 0.3) is 5.91 Å². The number of carboxylic acid groups (broad SMARTS) is 1. The Bertz CT molecular complexity index is 411. The van der Waals surface area contributed by atoms with Gasteiger partial charge in [-0.1, -0.05) is 12.1 Å². The molecule has 1 aromatic carbocycles. The van der Waals surface area contributed by atoms with Crippen LogP contribution in [-0.4, -0.2) is 28.8 Å². The summed E-state index contributed by atoms with van der Waals surface area (Å²) < 4.78 is 13.2. The average molecular weight is 243 g/mol. The van der Waals surface area contributed by atoms with E-state index < -0.39 is 23.7 Å². The Labute approximate surface area is 96.9 Å². The molecule has 1 amide bonds. The van der Waals surface area contributed by atoms with E-state index in [2.05, 4.69) is 17.9 Å². The monoisotopic (exact) mass is 243 g/mol. The summed E-state index contributed by atoms with van der Waals surface area (Å²) in [5.74, 6) is -2.72. The fourth-order valence-corrected chi connectivity index (χ4v) is 1.31. The Morgan fingerprint density at radius 3 is 2.56 bits per heavy atom. The van der Waals surface area contributed by atoms with Gasteiger partial charge in [-0.3, -0.25) is 4.79 Å². The number of hydrogen-bond acceptors (Lipinski definition) is 3. The second-order valence-electron chi connectivity index (χ2n) is 3.03. The van der Waals surface area contributed by atoms with E-state index in [0.717, 1.165) is 6.07 Å². The van der Waals surface area contributed by atoms with Crippen LogP contribution >= 0.6 is 12.6 Å². The van der Waals surface area contributed by atoms with E-state index in [4.69, 9.17) is 5.11 Å². The van der Waals surface area contributed by atoms with Crippen LogP contribution in [0.3, 0.4) is 0 Å². The molecule has 0 heterocycles. The third kappa shape index (κ3) is 2.96. The molecule has 16 heavy (non-hydrogen) atoms. The SMILES string of the molecule is O=C(N[C@@H](CS)C(=O)O)c1ccccc1F. The summed E-state index contributed by atoms with van der Waals surface area (Å²) in [5, 5.41) is 10.8. The molecule has 2 N–H and O–H groups in total. The first kappa shape index (κ1) is 12.5. The summed E-state index contributed by atoms with van der Waals surface area (Å²) in [6.45, 7) is 0. The third-order valence-corrected chi connectivity index (χ3v) is 2.27. The van der Waals surface area contributed by atoms with Crippen molar-refractivity contribution in [2.75, 3.05) is 5.75 Å². The van der Waals surface area contributed by atoms with E-state index in [1.54, 1.807) is 0 Å². The van der Waals surface area contributed by atoms with E-state index in [9.17, 15) is 14.0 Å². The van der Waals surface area contributed by atoms with Crippen LogP contribution in [0.1, 0.15) is 10.4 Å². The zero-order chi connectivity index (χ0) is 12.1. The minimum Gasteiger partial charge on any atom is -0.480 e. The van der Waals surface area contributed by atoms with Gasteiger partial charge < -0.3 is 10.4 Å². The van der Waals surface area contributed by atoms with Crippen molar-refractivity contribution in [2.24, 2.45) is 0 Å². The Morgan fingerprint density at radius 2 is 2.06 bits per heavy atom. The fraction of sp³-hybridized carbons (Fsp3) is 0.200. The quantitative estimate of drug-likeness (QED) is 0.689. The van der Waals surface area contributed by atoms with E-state index in [0.29, 0.717) is 0 Å². The number of benzene rings is 1. The summed E-state index contributed by atoms with van der Waals surface area (Å²) in [6, 6.07) is 4.22. The van der Waals surface area contributed by atoms with Gasteiger partial charge in [0, 0.05) is 5.75 Å². The number of carbonyl (C=O) groups is 2. The Kier molecular flexibility index (Phi) is 4.30. The van der Waals surface area contributed by atoms with Gasteiger partial charge >= 0.3 is 5.97 Å². The molecule has 1 aromatic rings. The maximum atomic E-state index is 13.2. The first-order valence-electron chi connectivity index (χ1n) is 4.45. The number of rotatable bonds is 4. The molecule has 4 nitrogen and oxygen atoms in total. The molecule has 0 fully saturated rings. The fourth-order valence-electron chi connectivity index (χ4n) is 1.07. The summed E-state index contributed by atoms with van der Waals surface area (Å²) in [6.07, 6.45) is 0. The summed E-state index contributed by atoms with van der Waals surface area (Å²) >= 11 is 3.78. The number of thiol groups is 1. The standard InChI is InChI=1S/C10H10FNO3S/c11-7-4-2-1-3-6(7)9(13)12-8(5-16)10(14)15/h1-4,8,16H,5H2,(H,12,13)(H,14,15)/t8-/m0/s1. The van der Waals surface area contributed by atoms with Crippen molar-refractivity contribution in [2.45, 2.75) is 6.04 Å². The Morgan fingerprint density at radius 1 is 1.44 bits per heavy atom. The van der Waals surface area contributed by atoms with Crippen molar-refractivity contribution in [3.05, 3.63) is 35.6 Å². The van der Waals surface area contributed by atoms with Crippen molar-refractivity contribution < 1.29 is 19.1 Å². The highest BCUT2D eigenvalue weighted by Gasteiger charge is 2.20. The van der Waals surface area contributed by atoms with Gasteiger partial charge in [-0.2, -0.15) is 12.6 Å². The normalized spacial score (nSPS) is 11.9. The second-order valence-corrected chi connectivity index (χ2v) is 3.39. The lowest BCUT2D eigenvalue weighted by Gasteiger charge is -2.11. The maximum Gasteiger partial charge on any atom is 0.327 e. The van der Waals surface area contributed by atoms with Crippen LogP contribution in [-0.2, 0) is 4.79 Å². The van der Waals surface area contributed by atoms with Crippen molar-refractivity contribution in [3.8, 4) is 0 Å². The molecule has 6 heteroatoms. The van der Waals surface area contributed by atoms with E-state index in [1.807, 2.05) is 0 Å². The van der Waals surface area contributed by atoms with Crippen molar-refractivity contribution in [1.82, 2.24) is 5.32 Å². The number of aliphatic carboxylic acids is 1. The lowest BCUT2D eigenvalue weighted by atomic mass is 10.2. The number of carbonyl (C=O) groups excluding carboxylic acids is 1. The van der Waals surface area contributed by atoms with Gasteiger partial charge in [0.2, 0.25) is 0 Å². The molecule has 0 aliphatic rings. The van der Waals surface area contributed by atoms with E-state index >= 15 is 0 Å². The minimum atomic E-state index is -1.21. The molecule has 1 atom stereocenters. The molecule has 0 unspecified atom stereocenters. The van der Waals surface area contributed by atoms with Crippen LogP contribution in [0.25, 0.3) is 0 Å². The third-order valence-electron chi connectivity index (χ3n) is 1.90. The number of hydrogen-bond donors (Lipinski definition) is 3. The molecule has 0 bridgehead atoms. The minimum absolute atomic E-state index is 0.0600. The molecular formula is C10H10FNO3S. The lowest BCUT2D eigenvalue weighted by Crippen LogP contribution is -2.42. The number of amides is 1. The predicted molar refractivity (Wildman–Crippen MR) is 59.1 cm³/mol. The highest BCUT2D eigenvalue weighted by atomic mass is 32.1. The molecule has 0 saturated carbocycles. The molecule has 0 aromatic heterocycles. The van der Waals surface area contributed by atoms with Crippen molar-refractivity contribution in [3.63, 3.8) is 0 Å².